The van der Waals surface area contributed by atoms with Crippen molar-refractivity contribution >= 4 is 12.4 Å². The highest BCUT2D eigenvalue weighted by Crippen LogP contribution is 2.28. The van der Waals surface area contributed by atoms with Crippen LogP contribution in [0.1, 0.15) is 29.2 Å². The summed E-state index contributed by atoms with van der Waals surface area (Å²) in [5.41, 5.74) is 10.2. The molecule has 2 N–H and O–H groups in total. The summed E-state index contributed by atoms with van der Waals surface area (Å²) in [6.45, 7) is 0.804. The smallest absolute Gasteiger partial charge is 0.122 e. The summed E-state index contributed by atoms with van der Waals surface area (Å²) >= 11 is 0. The lowest BCUT2D eigenvalue weighted by molar-refractivity contribution is 0.357. The lowest BCUT2D eigenvalue weighted by Crippen LogP contribution is -2.11. The molecular formula is C17H20ClNO. The molecule has 2 aromatic carbocycles. The molecule has 0 saturated carbocycles. The number of hydrogen-bond acceptors (Lipinski definition) is 2. The molecule has 1 aliphatic rings. The maximum absolute atomic E-state index is 6.30. The highest BCUT2D eigenvalue weighted by molar-refractivity contribution is 5.85. The fourth-order valence-corrected chi connectivity index (χ4v) is 2.57. The van der Waals surface area contributed by atoms with Gasteiger partial charge >= 0.3 is 0 Å². The van der Waals surface area contributed by atoms with Gasteiger partial charge in [0.15, 0.2) is 0 Å². The van der Waals surface area contributed by atoms with Gasteiger partial charge in [0.05, 0.1) is 6.61 Å². The van der Waals surface area contributed by atoms with Gasteiger partial charge in [-0.05, 0) is 35.6 Å². The van der Waals surface area contributed by atoms with Crippen molar-refractivity contribution in [3.05, 3.63) is 65.2 Å². The first-order chi connectivity index (χ1) is 9.33. The zero-order chi connectivity index (χ0) is 13.1. The molecule has 2 aromatic rings. The first-order valence-corrected chi connectivity index (χ1v) is 6.88. The van der Waals surface area contributed by atoms with Gasteiger partial charge in [-0.15, -0.1) is 12.4 Å². The Morgan fingerprint density at radius 2 is 1.90 bits per heavy atom. The van der Waals surface area contributed by atoms with Crippen LogP contribution >= 0.6 is 12.4 Å². The van der Waals surface area contributed by atoms with Gasteiger partial charge in [-0.3, -0.25) is 0 Å². The molecule has 0 radical (unpaired) electrons. The van der Waals surface area contributed by atoms with E-state index in [0.29, 0.717) is 0 Å². The molecule has 0 fully saturated rings. The molecular weight excluding hydrogens is 270 g/mol. The zero-order valence-corrected chi connectivity index (χ0v) is 12.2. The minimum absolute atomic E-state index is 0. The maximum atomic E-state index is 6.30. The minimum Gasteiger partial charge on any atom is -0.493 e. The molecule has 0 aliphatic carbocycles. The molecule has 1 aliphatic heterocycles. The average molecular weight is 290 g/mol. The molecule has 0 aromatic heterocycles. The largest absolute Gasteiger partial charge is 0.493 e. The molecule has 20 heavy (non-hydrogen) atoms. The second-order valence-electron chi connectivity index (χ2n) is 5.10. The molecule has 0 spiro atoms. The average Bonchev–Trinajstić information content (AvgIpc) is 2.93. The predicted octanol–water partition coefficient (Wildman–Crippen LogP) is 3.68. The van der Waals surface area contributed by atoms with E-state index in [0.717, 1.165) is 31.6 Å². The first kappa shape index (κ1) is 14.9. The van der Waals surface area contributed by atoms with E-state index in [1.54, 1.807) is 0 Å². The third-order valence-electron chi connectivity index (χ3n) is 3.73. The van der Waals surface area contributed by atoms with E-state index in [-0.39, 0.29) is 18.4 Å². The van der Waals surface area contributed by atoms with E-state index in [2.05, 4.69) is 42.5 Å². The normalized spacial score (nSPS) is 14.1. The maximum Gasteiger partial charge on any atom is 0.122 e. The van der Waals surface area contributed by atoms with Crippen molar-refractivity contribution in [2.24, 2.45) is 5.73 Å². The number of ether oxygens (including phenoxy) is 1. The van der Waals surface area contributed by atoms with Crippen molar-refractivity contribution in [3.63, 3.8) is 0 Å². The van der Waals surface area contributed by atoms with Gasteiger partial charge in [0.2, 0.25) is 0 Å². The monoisotopic (exact) mass is 289 g/mol. The van der Waals surface area contributed by atoms with Crippen LogP contribution in [-0.4, -0.2) is 6.61 Å². The number of benzene rings is 2. The second kappa shape index (κ2) is 6.78. The Hall–Kier alpha value is -1.51. The van der Waals surface area contributed by atoms with Crippen LogP contribution < -0.4 is 10.5 Å². The van der Waals surface area contributed by atoms with Crippen LogP contribution in [0, 0.1) is 0 Å². The summed E-state index contributed by atoms with van der Waals surface area (Å²) in [6, 6.07) is 17.0. The highest BCUT2D eigenvalue weighted by Gasteiger charge is 2.14. The summed E-state index contributed by atoms with van der Waals surface area (Å²) in [5.74, 6) is 1.03. The van der Waals surface area contributed by atoms with Crippen molar-refractivity contribution in [2.75, 3.05) is 6.61 Å². The highest BCUT2D eigenvalue weighted by atomic mass is 35.5. The third-order valence-corrected chi connectivity index (χ3v) is 3.73. The summed E-state index contributed by atoms with van der Waals surface area (Å²) in [6.07, 6.45) is 3.01. The Morgan fingerprint density at radius 3 is 2.70 bits per heavy atom. The number of halogens is 1. The van der Waals surface area contributed by atoms with Gasteiger partial charge < -0.3 is 10.5 Å². The van der Waals surface area contributed by atoms with Crippen LogP contribution in [0.4, 0.5) is 0 Å². The van der Waals surface area contributed by atoms with Crippen molar-refractivity contribution in [2.45, 2.75) is 25.3 Å². The van der Waals surface area contributed by atoms with Crippen LogP contribution in [0.15, 0.2) is 48.5 Å². The fraction of sp³-hybridized carbons (Fsp3) is 0.294. The Bertz CT molecular complexity index is 556. The fourth-order valence-electron chi connectivity index (χ4n) is 2.57. The van der Waals surface area contributed by atoms with Crippen molar-refractivity contribution < 1.29 is 4.74 Å². The molecule has 3 heteroatoms. The van der Waals surface area contributed by atoms with Gasteiger partial charge in [-0.25, -0.2) is 0 Å². The van der Waals surface area contributed by atoms with Crippen LogP contribution in [0.5, 0.6) is 5.75 Å². The summed E-state index contributed by atoms with van der Waals surface area (Å²) in [5, 5.41) is 0. The third kappa shape index (κ3) is 3.33. The van der Waals surface area contributed by atoms with E-state index in [1.165, 1.54) is 16.7 Å². The van der Waals surface area contributed by atoms with Crippen molar-refractivity contribution in [1.82, 2.24) is 0 Å². The molecule has 3 rings (SSSR count). The van der Waals surface area contributed by atoms with E-state index < -0.39 is 0 Å². The quantitative estimate of drug-likeness (QED) is 0.932. The number of fused-ring (bicyclic) bond motifs is 1. The lowest BCUT2D eigenvalue weighted by atomic mass is 9.97. The van der Waals surface area contributed by atoms with E-state index in [4.69, 9.17) is 10.5 Å². The summed E-state index contributed by atoms with van der Waals surface area (Å²) in [4.78, 5) is 0. The number of hydrogen-bond donors (Lipinski definition) is 1. The number of nitrogens with two attached hydrogens (primary N) is 1. The van der Waals surface area contributed by atoms with E-state index in [9.17, 15) is 0 Å². The molecule has 1 heterocycles. The van der Waals surface area contributed by atoms with Crippen molar-refractivity contribution in [1.29, 1.82) is 0 Å². The minimum atomic E-state index is 0. The van der Waals surface area contributed by atoms with Gasteiger partial charge in [0.1, 0.15) is 5.75 Å². The Morgan fingerprint density at radius 1 is 1.10 bits per heavy atom. The van der Waals surface area contributed by atoms with Crippen LogP contribution in [0.25, 0.3) is 0 Å². The predicted molar refractivity (Wildman–Crippen MR) is 84.6 cm³/mol. The Kier molecular flexibility index (Phi) is 5.05. The molecule has 1 atom stereocenters. The van der Waals surface area contributed by atoms with E-state index in [1.807, 2.05) is 6.07 Å². The topological polar surface area (TPSA) is 35.2 Å². The second-order valence-corrected chi connectivity index (χ2v) is 5.10. The first-order valence-electron chi connectivity index (χ1n) is 6.88. The molecule has 106 valence electrons. The molecule has 0 amide bonds. The van der Waals surface area contributed by atoms with Crippen LogP contribution in [0.3, 0.4) is 0 Å². The van der Waals surface area contributed by atoms with Crippen LogP contribution in [-0.2, 0) is 12.8 Å². The van der Waals surface area contributed by atoms with Crippen LogP contribution in [0.2, 0.25) is 0 Å². The van der Waals surface area contributed by atoms with Gasteiger partial charge in [-0.1, -0.05) is 42.5 Å². The molecule has 2 nitrogen and oxygen atoms in total. The zero-order valence-electron chi connectivity index (χ0n) is 11.4. The Balaban J connectivity index is 0.00000147. The molecule has 1 unspecified atom stereocenters. The SMILES string of the molecule is Cl.NC(CCc1ccccc1)c1ccc2c(c1)CCO2. The van der Waals surface area contributed by atoms with Crippen molar-refractivity contribution in [3.8, 4) is 5.75 Å². The van der Waals surface area contributed by atoms with Gasteiger partial charge in [0.25, 0.3) is 0 Å². The number of aryl methyl sites for hydroxylation is 1. The van der Waals surface area contributed by atoms with E-state index >= 15 is 0 Å². The molecule has 0 saturated heterocycles. The molecule has 0 bridgehead atoms. The lowest BCUT2D eigenvalue weighted by Gasteiger charge is -2.13. The summed E-state index contributed by atoms with van der Waals surface area (Å²) < 4.78 is 5.52. The number of rotatable bonds is 4. The Labute approximate surface area is 126 Å². The van der Waals surface area contributed by atoms with Gasteiger partial charge in [0, 0.05) is 12.5 Å². The standard InChI is InChI=1S/C17H19NO.ClH/c18-16(8-6-13-4-2-1-3-5-13)14-7-9-17-15(12-14)10-11-19-17;/h1-5,7,9,12,16H,6,8,10-11,18H2;1H. The summed E-state index contributed by atoms with van der Waals surface area (Å²) in [7, 11) is 0. The van der Waals surface area contributed by atoms with Gasteiger partial charge in [-0.2, -0.15) is 0 Å².